The molecule has 0 aliphatic heterocycles. The van der Waals surface area contributed by atoms with Crippen LogP contribution in [0.5, 0.6) is 0 Å². The molecule has 2 aliphatic rings. The Morgan fingerprint density at radius 2 is 1.67 bits per heavy atom. The lowest BCUT2D eigenvalue weighted by Gasteiger charge is -2.40. The Kier molecular flexibility index (Phi) is 14.5. The quantitative estimate of drug-likeness (QED) is 0.123. The highest BCUT2D eigenvalue weighted by Crippen LogP contribution is 2.44. The van der Waals surface area contributed by atoms with Crippen LogP contribution in [0.4, 0.5) is 0 Å². The van der Waals surface area contributed by atoms with E-state index in [2.05, 4.69) is 118 Å². The maximum absolute atomic E-state index is 10.1. The van der Waals surface area contributed by atoms with Crippen LogP contribution < -0.4 is 0 Å². The van der Waals surface area contributed by atoms with E-state index in [9.17, 15) is 10.2 Å². The number of allylic oxidation sites excluding steroid dienone is 12. The molecular formula is C40H64O2. The maximum Gasteiger partial charge on any atom is 0.0728 e. The number of rotatable bonds is 14. The molecule has 0 amide bonds. The van der Waals surface area contributed by atoms with Crippen molar-refractivity contribution in [1.29, 1.82) is 0 Å². The first-order valence-electron chi connectivity index (χ1n) is 16.7. The lowest BCUT2D eigenvalue weighted by molar-refractivity contribution is 0.0982. The fourth-order valence-corrected chi connectivity index (χ4v) is 7.29. The minimum absolute atomic E-state index is 0.0244. The third-order valence-corrected chi connectivity index (χ3v) is 9.74. The summed E-state index contributed by atoms with van der Waals surface area (Å²) in [4.78, 5) is 0. The summed E-state index contributed by atoms with van der Waals surface area (Å²) in [5.74, 6) is 1.33. The predicted molar refractivity (Wildman–Crippen MR) is 184 cm³/mol. The first kappa shape index (κ1) is 36.3. The Hall–Kier alpha value is -1.90. The summed E-state index contributed by atoms with van der Waals surface area (Å²) in [6.45, 7) is 22.5. The van der Waals surface area contributed by atoms with E-state index in [-0.39, 0.29) is 23.0 Å². The Morgan fingerprint density at radius 1 is 0.952 bits per heavy atom. The van der Waals surface area contributed by atoms with Gasteiger partial charge in [0.25, 0.3) is 0 Å². The molecule has 2 N–H and O–H groups in total. The molecule has 0 fully saturated rings. The number of hydrogen-bond acceptors (Lipinski definition) is 2. The highest BCUT2D eigenvalue weighted by Gasteiger charge is 2.35. The highest BCUT2D eigenvalue weighted by molar-refractivity contribution is 5.37. The van der Waals surface area contributed by atoms with Crippen molar-refractivity contribution < 1.29 is 10.2 Å². The van der Waals surface area contributed by atoms with Crippen molar-refractivity contribution in [2.24, 2.45) is 22.7 Å². The third kappa shape index (κ3) is 12.4. The molecule has 0 saturated carbocycles. The van der Waals surface area contributed by atoms with Crippen molar-refractivity contribution in [1.82, 2.24) is 0 Å². The molecule has 0 spiro atoms. The summed E-state index contributed by atoms with van der Waals surface area (Å²) in [6.07, 6.45) is 28.4. The van der Waals surface area contributed by atoms with Gasteiger partial charge in [-0.05, 0) is 121 Å². The van der Waals surface area contributed by atoms with E-state index >= 15 is 0 Å². The molecule has 2 heteroatoms. The van der Waals surface area contributed by atoms with Gasteiger partial charge in [0.1, 0.15) is 0 Å². The SMILES string of the molecule is CC1=C[C@H](O)CC(C)(C)[C@H]1CC/C(C)=C\CCC(C)CCC/C=C(C)/C=C/C=C(C)/C=C/C1=C(C)C[C@H](O)CC1(C)C. The maximum atomic E-state index is 10.1. The zero-order chi connectivity index (χ0) is 31.5. The van der Waals surface area contributed by atoms with E-state index in [0.717, 1.165) is 38.0 Å². The first-order valence-corrected chi connectivity index (χ1v) is 16.7. The summed E-state index contributed by atoms with van der Waals surface area (Å²) in [7, 11) is 0. The van der Waals surface area contributed by atoms with Crippen LogP contribution in [0.15, 0.2) is 82.0 Å². The van der Waals surface area contributed by atoms with Crippen molar-refractivity contribution >= 4 is 0 Å². The van der Waals surface area contributed by atoms with Crippen molar-refractivity contribution in [3.63, 3.8) is 0 Å². The van der Waals surface area contributed by atoms with E-state index in [4.69, 9.17) is 0 Å². The monoisotopic (exact) mass is 576 g/mol. The van der Waals surface area contributed by atoms with Crippen LogP contribution in [-0.2, 0) is 0 Å². The van der Waals surface area contributed by atoms with Crippen LogP contribution in [0.2, 0.25) is 0 Å². The van der Waals surface area contributed by atoms with Crippen LogP contribution >= 0.6 is 0 Å². The average molecular weight is 577 g/mol. The second-order valence-corrected chi connectivity index (χ2v) is 15.1. The summed E-state index contributed by atoms with van der Waals surface area (Å²) in [5.41, 5.74) is 8.34. The second kappa shape index (κ2) is 16.8. The van der Waals surface area contributed by atoms with Crippen LogP contribution in [0.25, 0.3) is 0 Å². The zero-order valence-electron chi connectivity index (χ0n) is 28.9. The predicted octanol–water partition coefficient (Wildman–Crippen LogP) is 11.2. The standard InChI is InChI=1S/C40H64O2/c1-29(17-13-19-31(3)21-23-37-33(5)25-35(41)27-39(37,7)8)15-11-12-16-30(2)18-14-20-32(4)22-24-38-34(6)26-36(42)28-40(38,9)10/h13,15,17,19-21,23,26,30,35-36,38,41-42H,11-12,14,16,18,22,24-25,27-28H2,1-10H3/b17-13+,23-21+,29-15+,31-19+,32-20-/t30?,35-,36-,38-/m0/s1. The minimum atomic E-state index is -0.274. The molecule has 0 aromatic heterocycles. The Balaban J connectivity index is 1.69. The molecule has 0 radical (unpaired) electrons. The molecule has 0 saturated heterocycles. The fraction of sp³-hybridized carbons (Fsp3) is 0.650. The number of aliphatic hydroxyl groups excluding tert-OH is 2. The van der Waals surface area contributed by atoms with E-state index < -0.39 is 0 Å². The largest absolute Gasteiger partial charge is 0.393 e. The third-order valence-electron chi connectivity index (χ3n) is 9.74. The van der Waals surface area contributed by atoms with Gasteiger partial charge in [-0.15, -0.1) is 0 Å². The lowest BCUT2D eigenvalue weighted by Crippen LogP contribution is -2.33. The number of unbranched alkanes of at least 4 members (excludes halogenated alkanes) is 1. The Bertz CT molecular complexity index is 1080. The average Bonchev–Trinajstić information content (AvgIpc) is 2.84. The van der Waals surface area contributed by atoms with E-state index in [1.54, 1.807) is 0 Å². The van der Waals surface area contributed by atoms with Gasteiger partial charge in [0.15, 0.2) is 0 Å². The van der Waals surface area contributed by atoms with Crippen LogP contribution in [0.1, 0.15) is 133 Å². The Morgan fingerprint density at radius 3 is 2.33 bits per heavy atom. The van der Waals surface area contributed by atoms with Gasteiger partial charge in [-0.2, -0.15) is 0 Å². The van der Waals surface area contributed by atoms with E-state index in [0.29, 0.717) is 5.92 Å². The smallest absolute Gasteiger partial charge is 0.0728 e. The molecule has 0 bridgehead atoms. The topological polar surface area (TPSA) is 40.5 Å². The molecule has 42 heavy (non-hydrogen) atoms. The molecule has 2 nitrogen and oxygen atoms in total. The van der Waals surface area contributed by atoms with Gasteiger partial charge in [-0.25, -0.2) is 0 Å². The zero-order valence-corrected chi connectivity index (χ0v) is 28.9. The Labute approximate surface area is 260 Å². The molecule has 0 aromatic carbocycles. The summed E-state index contributed by atoms with van der Waals surface area (Å²) < 4.78 is 0. The normalized spacial score (nSPS) is 26.3. The van der Waals surface area contributed by atoms with Crippen molar-refractivity contribution in [3.8, 4) is 0 Å². The van der Waals surface area contributed by atoms with Crippen molar-refractivity contribution in [2.45, 2.75) is 146 Å². The van der Waals surface area contributed by atoms with Crippen LogP contribution in [0.3, 0.4) is 0 Å². The molecule has 236 valence electrons. The summed E-state index contributed by atoms with van der Waals surface area (Å²) in [5, 5.41) is 20.2. The molecule has 2 rings (SSSR count). The second-order valence-electron chi connectivity index (χ2n) is 15.1. The summed E-state index contributed by atoms with van der Waals surface area (Å²) >= 11 is 0. The lowest BCUT2D eigenvalue weighted by atomic mass is 9.66. The number of hydrogen-bond donors (Lipinski definition) is 2. The van der Waals surface area contributed by atoms with Gasteiger partial charge < -0.3 is 10.2 Å². The molecular weight excluding hydrogens is 512 g/mol. The van der Waals surface area contributed by atoms with E-state index in [1.165, 1.54) is 65.5 Å². The summed E-state index contributed by atoms with van der Waals surface area (Å²) in [6, 6.07) is 0. The molecule has 1 unspecified atom stereocenters. The van der Waals surface area contributed by atoms with Gasteiger partial charge >= 0.3 is 0 Å². The minimum Gasteiger partial charge on any atom is -0.393 e. The molecule has 4 atom stereocenters. The fourth-order valence-electron chi connectivity index (χ4n) is 7.29. The molecule has 2 aliphatic carbocycles. The van der Waals surface area contributed by atoms with Gasteiger partial charge in [-0.1, -0.05) is 118 Å². The van der Waals surface area contributed by atoms with Gasteiger partial charge in [0.05, 0.1) is 12.2 Å². The van der Waals surface area contributed by atoms with Gasteiger partial charge in [0.2, 0.25) is 0 Å². The molecule has 0 aromatic rings. The molecule has 0 heterocycles. The van der Waals surface area contributed by atoms with Gasteiger partial charge in [0, 0.05) is 0 Å². The van der Waals surface area contributed by atoms with E-state index in [1.807, 2.05) is 0 Å². The van der Waals surface area contributed by atoms with Crippen molar-refractivity contribution in [2.75, 3.05) is 0 Å². The number of aliphatic hydroxyl groups is 2. The first-order chi connectivity index (χ1) is 19.6. The van der Waals surface area contributed by atoms with Crippen LogP contribution in [0, 0.1) is 22.7 Å². The van der Waals surface area contributed by atoms with Crippen LogP contribution in [-0.4, -0.2) is 22.4 Å². The highest BCUT2D eigenvalue weighted by atomic mass is 16.3. The van der Waals surface area contributed by atoms with Crippen molar-refractivity contribution in [3.05, 3.63) is 82.0 Å². The van der Waals surface area contributed by atoms with Gasteiger partial charge in [-0.3, -0.25) is 0 Å².